The summed E-state index contributed by atoms with van der Waals surface area (Å²) in [5.41, 5.74) is 0. The predicted molar refractivity (Wildman–Crippen MR) is 75.8 cm³/mol. The molecule has 1 amide bonds. The molecule has 2 fully saturated rings. The molecule has 1 heterocycles. The third-order valence-electron chi connectivity index (χ3n) is 4.27. The van der Waals surface area contributed by atoms with E-state index in [1.165, 1.54) is 4.31 Å². The minimum absolute atomic E-state index is 0.145. The normalized spacial score (nSPS) is 28.1. The lowest BCUT2D eigenvalue weighted by molar-refractivity contribution is -0.126. The smallest absolute Gasteiger partial charge is 0.421 e. The van der Waals surface area contributed by atoms with Crippen molar-refractivity contribution in [2.45, 2.75) is 51.0 Å². The summed E-state index contributed by atoms with van der Waals surface area (Å²) < 4.78 is 32.2. The van der Waals surface area contributed by atoms with Gasteiger partial charge in [-0.2, -0.15) is 12.7 Å². The van der Waals surface area contributed by atoms with Gasteiger partial charge in [0.25, 0.3) is 0 Å². The van der Waals surface area contributed by atoms with Gasteiger partial charge in [-0.05, 0) is 25.7 Å². The van der Waals surface area contributed by atoms with E-state index in [9.17, 15) is 18.0 Å². The van der Waals surface area contributed by atoms with Crippen LogP contribution in [0.2, 0.25) is 0 Å². The number of nitrogens with zero attached hydrogens (tertiary/aromatic N) is 1. The molecule has 120 valence electrons. The van der Waals surface area contributed by atoms with E-state index < -0.39 is 16.3 Å². The highest BCUT2D eigenvalue weighted by Crippen LogP contribution is 2.32. The van der Waals surface area contributed by atoms with E-state index in [1.54, 1.807) is 0 Å². The van der Waals surface area contributed by atoms with Crippen LogP contribution < -0.4 is 4.72 Å². The van der Waals surface area contributed by atoms with E-state index in [1.807, 2.05) is 4.72 Å². The van der Waals surface area contributed by atoms with Gasteiger partial charge in [-0.15, -0.1) is 0 Å². The molecule has 1 aliphatic carbocycles. The Hall–Kier alpha value is -1.15. The van der Waals surface area contributed by atoms with Crippen molar-refractivity contribution in [1.29, 1.82) is 0 Å². The van der Waals surface area contributed by atoms with Gasteiger partial charge in [-0.3, -0.25) is 4.79 Å². The van der Waals surface area contributed by atoms with Crippen LogP contribution in [0.3, 0.4) is 0 Å². The SMILES string of the molecule is COC(=O)NS(=O)(=O)N1CCCCC1C1CCCCC1=O. The summed E-state index contributed by atoms with van der Waals surface area (Å²) in [6, 6.07) is -0.339. The van der Waals surface area contributed by atoms with Crippen molar-refractivity contribution in [2.24, 2.45) is 5.92 Å². The Morgan fingerprint density at radius 3 is 2.62 bits per heavy atom. The lowest BCUT2D eigenvalue weighted by Gasteiger charge is -2.39. The Morgan fingerprint density at radius 1 is 1.24 bits per heavy atom. The maximum atomic E-state index is 12.3. The largest absolute Gasteiger partial charge is 0.452 e. The van der Waals surface area contributed by atoms with Gasteiger partial charge in [-0.25, -0.2) is 9.52 Å². The van der Waals surface area contributed by atoms with E-state index in [4.69, 9.17) is 0 Å². The maximum absolute atomic E-state index is 12.3. The quantitative estimate of drug-likeness (QED) is 0.844. The number of hydrogen-bond acceptors (Lipinski definition) is 5. The summed E-state index contributed by atoms with van der Waals surface area (Å²) in [5, 5.41) is 0. The minimum Gasteiger partial charge on any atom is -0.452 e. The first-order valence-electron chi connectivity index (χ1n) is 7.36. The highest BCUT2D eigenvalue weighted by molar-refractivity contribution is 7.87. The van der Waals surface area contributed by atoms with Gasteiger partial charge < -0.3 is 4.74 Å². The summed E-state index contributed by atoms with van der Waals surface area (Å²) in [6.07, 6.45) is 4.39. The van der Waals surface area contributed by atoms with Crippen LogP contribution in [0.1, 0.15) is 44.9 Å². The van der Waals surface area contributed by atoms with Gasteiger partial charge in [0.05, 0.1) is 7.11 Å². The van der Waals surface area contributed by atoms with E-state index >= 15 is 0 Å². The van der Waals surface area contributed by atoms with E-state index in [0.717, 1.165) is 39.2 Å². The van der Waals surface area contributed by atoms with Crippen LogP contribution in [0.4, 0.5) is 4.79 Å². The first-order chi connectivity index (χ1) is 9.95. The third-order valence-corrected chi connectivity index (χ3v) is 5.77. The van der Waals surface area contributed by atoms with Gasteiger partial charge in [-0.1, -0.05) is 12.8 Å². The van der Waals surface area contributed by atoms with Gasteiger partial charge in [0.15, 0.2) is 0 Å². The van der Waals surface area contributed by atoms with Crippen LogP contribution in [-0.2, 0) is 19.7 Å². The molecule has 2 rings (SSSR count). The summed E-state index contributed by atoms with van der Waals surface area (Å²) in [5.74, 6) is -0.0975. The number of ether oxygens (including phenoxy) is 1. The molecule has 0 aromatic rings. The zero-order chi connectivity index (χ0) is 15.5. The lowest BCUT2D eigenvalue weighted by Crippen LogP contribution is -2.54. The number of rotatable bonds is 3. The van der Waals surface area contributed by atoms with Crippen LogP contribution in [0, 0.1) is 5.92 Å². The second-order valence-electron chi connectivity index (χ2n) is 5.59. The van der Waals surface area contributed by atoms with Crippen LogP contribution in [0.15, 0.2) is 0 Å². The van der Waals surface area contributed by atoms with Crippen molar-refractivity contribution in [1.82, 2.24) is 9.03 Å². The Kier molecular flexibility index (Phi) is 5.21. The molecule has 2 unspecified atom stereocenters. The molecule has 0 aromatic carbocycles. The number of amides is 1. The molecule has 0 bridgehead atoms. The van der Waals surface area contributed by atoms with E-state index in [-0.39, 0.29) is 17.7 Å². The van der Waals surface area contributed by atoms with Gasteiger partial charge in [0, 0.05) is 24.9 Å². The molecule has 7 nitrogen and oxygen atoms in total. The Bertz CT molecular complexity index is 505. The maximum Gasteiger partial charge on any atom is 0.421 e. The molecule has 2 aliphatic rings. The van der Waals surface area contributed by atoms with Crippen LogP contribution >= 0.6 is 0 Å². The van der Waals surface area contributed by atoms with Crippen LogP contribution in [0.25, 0.3) is 0 Å². The fourth-order valence-electron chi connectivity index (χ4n) is 3.25. The summed E-state index contributed by atoms with van der Waals surface area (Å²) in [4.78, 5) is 23.3. The van der Waals surface area contributed by atoms with E-state index in [2.05, 4.69) is 4.74 Å². The molecule has 8 heteroatoms. The number of carbonyl (C=O) groups is 2. The molecule has 1 saturated carbocycles. The molecule has 2 atom stereocenters. The van der Waals surface area contributed by atoms with Crippen LogP contribution in [-0.4, -0.2) is 44.3 Å². The first-order valence-corrected chi connectivity index (χ1v) is 8.80. The molecule has 0 spiro atoms. The van der Waals surface area contributed by atoms with E-state index in [0.29, 0.717) is 19.4 Å². The zero-order valence-corrected chi connectivity index (χ0v) is 13.0. The lowest BCUT2D eigenvalue weighted by atomic mass is 9.80. The molecule has 21 heavy (non-hydrogen) atoms. The second kappa shape index (κ2) is 6.74. The van der Waals surface area contributed by atoms with Gasteiger partial charge >= 0.3 is 16.3 Å². The fraction of sp³-hybridized carbons (Fsp3) is 0.846. The third kappa shape index (κ3) is 3.74. The molecular formula is C13H22N2O5S. The average Bonchev–Trinajstić information content (AvgIpc) is 2.47. The Balaban J connectivity index is 2.18. The van der Waals surface area contributed by atoms with Crippen molar-refractivity contribution in [3.63, 3.8) is 0 Å². The van der Waals surface area contributed by atoms with Crippen molar-refractivity contribution in [3.8, 4) is 0 Å². The molecular weight excluding hydrogens is 296 g/mol. The molecule has 1 N–H and O–H groups in total. The second-order valence-corrected chi connectivity index (χ2v) is 7.21. The van der Waals surface area contributed by atoms with Crippen molar-refractivity contribution < 1.29 is 22.7 Å². The zero-order valence-electron chi connectivity index (χ0n) is 12.2. The number of nitrogens with one attached hydrogen (secondary N) is 1. The number of piperidine rings is 1. The minimum atomic E-state index is -3.96. The Labute approximate surface area is 125 Å². The number of hydrogen-bond donors (Lipinski definition) is 1. The Morgan fingerprint density at radius 2 is 1.95 bits per heavy atom. The van der Waals surface area contributed by atoms with Gasteiger partial charge in [0.2, 0.25) is 0 Å². The number of methoxy groups -OCH3 is 1. The molecule has 1 saturated heterocycles. The molecule has 1 aliphatic heterocycles. The summed E-state index contributed by atoms with van der Waals surface area (Å²) >= 11 is 0. The fourth-order valence-corrected chi connectivity index (χ4v) is 4.64. The molecule has 0 radical (unpaired) electrons. The van der Waals surface area contributed by atoms with Gasteiger partial charge in [0.1, 0.15) is 5.78 Å². The number of ketones is 1. The number of Topliss-reactive ketones (excluding diaryl/α,β-unsaturated/α-hetero) is 1. The number of carbonyl (C=O) groups excluding carboxylic acids is 2. The topological polar surface area (TPSA) is 92.8 Å². The van der Waals surface area contributed by atoms with Crippen LogP contribution in [0.5, 0.6) is 0 Å². The first kappa shape index (κ1) is 16.2. The van der Waals surface area contributed by atoms with Crippen molar-refractivity contribution in [3.05, 3.63) is 0 Å². The highest BCUT2D eigenvalue weighted by atomic mass is 32.2. The van der Waals surface area contributed by atoms with Crippen molar-refractivity contribution >= 4 is 22.1 Å². The summed E-state index contributed by atoms with van der Waals surface area (Å²) in [7, 11) is -2.85. The average molecular weight is 318 g/mol. The summed E-state index contributed by atoms with van der Waals surface area (Å²) in [6.45, 7) is 0.334. The van der Waals surface area contributed by atoms with Crippen molar-refractivity contribution in [2.75, 3.05) is 13.7 Å². The highest BCUT2D eigenvalue weighted by Gasteiger charge is 2.41. The monoisotopic (exact) mass is 318 g/mol. The standard InChI is InChI=1S/C13H22N2O5S/c1-20-13(17)14-21(18,19)15-9-5-4-7-11(15)10-6-2-3-8-12(10)16/h10-11H,2-9H2,1H3,(H,14,17). The predicted octanol–water partition coefficient (Wildman–Crippen LogP) is 1.20. The molecule has 0 aromatic heterocycles.